The largest absolute Gasteiger partial charge is 0.444 e. The molecule has 1 aliphatic rings. The number of ether oxygens (including phenoxy) is 1. The molecule has 0 bridgehead atoms. The molecule has 1 heterocycles. The number of rotatable bonds is 1. The molecular weight excluding hydrogens is 280 g/mol. The van der Waals surface area contributed by atoms with Gasteiger partial charge in [0.25, 0.3) is 0 Å². The molecule has 0 unspecified atom stereocenters. The first-order valence-corrected chi connectivity index (χ1v) is 7.57. The van der Waals surface area contributed by atoms with E-state index in [1.807, 2.05) is 39.0 Å². The van der Waals surface area contributed by atoms with E-state index >= 15 is 0 Å². The van der Waals surface area contributed by atoms with Crippen molar-refractivity contribution in [2.24, 2.45) is 0 Å². The molecule has 1 atom stereocenters. The molecule has 1 aromatic carbocycles. The molecule has 1 amide bonds. The number of carbonyl (C=O) groups is 1. The van der Waals surface area contributed by atoms with E-state index in [1.54, 1.807) is 4.90 Å². The van der Waals surface area contributed by atoms with Gasteiger partial charge in [-0.05, 0) is 45.9 Å². The number of amides is 1. The summed E-state index contributed by atoms with van der Waals surface area (Å²) in [6.45, 7) is 9.71. The van der Waals surface area contributed by atoms with E-state index < -0.39 is 5.60 Å². The zero-order valence-electron chi connectivity index (χ0n) is 13.8. The monoisotopic (exact) mass is 306 g/mol. The van der Waals surface area contributed by atoms with Crippen LogP contribution in [0, 0.1) is 0 Å². The summed E-state index contributed by atoms with van der Waals surface area (Å²) >= 11 is 0. The summed E-state index contributed by atoms with van der Waals surface area (Å²) in [7, 11) is 0. The highest BCUT2D eigenvalue weighted by atomic mass is 16.6. The zero-order chi connectivity index (χ0) is 16.5. The molecule has 0 radical (unpaired) electrons. The molecule has 1 fully saturated rings. The molecule has 1 saturated heterocycles. The van der Waals surface area contributed by atoms with Gasteiger partial charge in [0.1, 0.15) is 5.60 Å². The summed E-state index contributed by atoms with van der Waals surface area (Å²) in [4.78, 5) is 16.1. The fraction of sp³-hybridized carbons (Fsp3) is 0.562. The lowest BCUT2D eigenvalue weighted by atomic mass is 10.1. The minimum atomic E-state index is -0.469. The maximum Gasteiger partial charge on any atom is 0.410 e. The van der Waals surface area contributed by atoms with E-state index in [-0.39, 0.29) is 12.1 Å². The van der Waals surface area contributed by atoms with Crippen LogP contribution in [0.3, 0.4) is 0 Å². The first-order chi connectivity index (χ1) is 10.2. The molecule has 6 heteroatoms. The lowest BCUT2D eigenvalue weighted by Crippen LogP contribution is -2.54. The Kier molecular flexibility index (Phi) is 4.39. The lowest BCUT2D eigenvalue weighted by Gasteiger charge is -2.41. The van der Waals surface area contributed by atoms with Gasteiger partial charge in [-0.25, -0.2) is 4.79 Å². The third kappa shape index (κ3) is 3.75. The first kappa shape index (κ1) is 16.3. The zero-order valence-corrected chi connectivity index (χ0v) is 13.8. The van der Waals surface area contributed by atoms with Gasteiger partial charge in [0, 0.05) is 31.4 Å². The first-order valence-electron chi connectivity index (χ1n) is 7.57. The Morgan fingerprint density at radius 2 is 1.91 bits per heavy atom. The van der Waals surface area contributed by atoms with Crippen LogP contribution in [-0.2, 0) is 4.74 Å². The third-order valence-corrected chi connectivity index (χ3v) is 3.68. The minimum Gasteiger partial charge on any atom is -0.444 e. The number of piperazine rings is 1. The summed E-state index contributed by atoms with van der Waals surface area (Å²) in [5, 5.41) is 0. The number of anilines is 3. The standard InChI is InChI=1S/C16H26N4O2/c1-11-10-19(15(21)22-16(2,3)4)7-8-20(11)12-5-6-13(17)14(18)9-12/h5-6,9,11H,7-8,10,17-18H2,1-4H3/t11-/m0/s1. The molecule has 0 aromatic heterocycles. The van der Waals surface area contributed by atoms with Gasteiger partial charge in [0.15, 0.2) is 0 Å². The van der Waals surface area contributed by atoms with Gasteiger partial charge >= 0.3 is 6.09 Å². The van der Waals surface area contributed by atoms with Crippen molar-refractivity contribution < 1.29 is 9.53 Å². The molecule has 1 aliphatic heterocycles. The number of hydrogen-bond acceptors (Lipinski definition) is 5. The Labute approximate surface area is 132 Å². The molecule has 0 spiro atoms. The van der Waals surface area contributed by atoms with Crippen molar-refractivity contribution in [2.45, 2.75) is 39.3 Å². The summed E-state index contributed by atoms with van der Waals surface area (Å²) < 4.78 is 5.43. The van der Waals surface area contributed by atoms with Gasteiger partial charge in [0.05, 0.1) is 11.4 Å². The van der Waals surface area contributed by atoms with Gasteiger partial charge in [-0.2, -0.15) is 0 Å². The predicted octanol–water partition coefficient (Wildman–Crippen LogP) is 2.30. The number of nitrogens with zero attached hydrogens (tertiary/aromatic N) is 2. The van der Waals surface area contributed by atoms with Crippen LogP contribution < -0.4 is 16.4 Å². The van der Waals surface area contributed by atoms with E-state index in [0.717, 1.165) is 12.2 Å². The lowest BCUT2D eigenvalue weighted by molar-refractivity contribution is 0.0219. The number of nitrogens with two attached hydrogens (primary N) is 2. The summed E-state index contributed by atoms with van der Waals surface area (Å²) in [5.41, 5.74) is 13.4. The van der Waals surface area contributed by atoms with Gasteiger partial charge in [0.2, 0.25) is 0 Å². The number of nitrogen functional groups attached to an aromatic ring is 2. The van der Waals surface area contributed by atoms with E-state index in [2.05, 4.69) is 11.8 Å². The van der Waals surface area contributed by atoms with Crippen molar-refractivity contribution in [2.75, 3.05) is 36.0 Å². The van der Waals surface area contributed by atoms with Gasteiger partial charge in [-0.3, -0.25) is 0 Å². The number of carbonyl (C=O) groups excluding carboxylic acids is 1. The van der Waals surface area contributed by atoms with Gasteiger partial charge < -0.3 is 26.0 Å². The second-order valence-electron chi connectivity index (χ2n) is 6.78. The molecule has 4 N–H and O–H groups in total. The van der Waals surface area contributed by atoms with Crippen molar-refractivity contribution in [3.8, 4) is 0 Å². The fourth-order valence-corrected chi connectivity index (χ4v) is 2.57. The summed E-state index contributed by atoms with van der Waals surface area (Å²) in [5.74, 6) is 0. The SMILES string of the molecule is C[C@H]1CN(C(=O)OC(C)(C)C)CCN1c1ccc(N)c(N)c1. The van der Waals surface area contributed by atoms with Gasteiger partial charge in [-0.15, -0.1) is 0 Å². The Balaban J connectivity index is 2.03. The average molecular weight is 306 g/mol. The maximum absolute atomic E-state index is 12.1. The second kappa shape index (κ2) is 5.94. The van der Waals surface area contributed by atoms with Crippen molar-refractivity contribution in [1.29, 1.82) is 0 Å². The van der Waals surface area contributed by atoms with Crippen LogP contribution in [0.25, 0.3) is 0 Å². The smallest absolute Gasteiger partial charge is 0.410 e. The molecule has 0 aliphatic carbocycles. The Bertz CT molecular complexity index is 554. The highest BCUT2D eigenvalue weighted by molar-refractivity contribution is 5.71. The van der Waals surface area contributed by atoms with Crippen molar-refractivity contribution in [1.82, 2.24) is 4.90 Å². The highest BCUT2D eigenvalue weighted by Crippen LogP contribution is 2.26. The van der Waals surface area contributed by atoms with Crippen LogP contribution >= 0.6 is 0 Å². The van der Waals surface area contributed by atoms with Crippen LogP contribution in [0.15, 0.2) is 18.2 Å². The Morgan fingerprint density at radius 1 is 1.23 bits per heavy atom. The molecule has 0 saturated carbocycles. The van der Waals surface area contributed by atoms with Crippen molar-refractivity contribution >= 4 is 23.2 Å². The van der Waals surface area contributed by atoms with Crippen LogP contribution in [0.5, 0.6) is 0 Å². The van der Waals surface area contributed by atoms with Crippen LogP contribution in [-0.4, -0.2) is 42.3 Å². The Morgan fingerprint density at radius 3 is 2.45 bits per heavy atom. The molecule has 122 valence electrons. The third-order valence-electron chi connectivity index (χ3n) is 3.68. The molecule has 2 rings (SSSR count). The van der Waals surface area contributed by atoms with E-state index in [4.69, 9.17) is 16.2 Å². The second-order valence-corrected chi connectivity index (χ2v) is 6.78. The topological polar surface area (TPSA) is 84.8 Å². The molecular formula is C16H26N4O2. The predicted molar refractivity (Wildman–Crippen MR) is 89.9 cm³/mol. The van der Waals surface area contributed by atoms with Crippen LogP contribution in [0.4, 0.5) is 21.9 Å². The fourth-order valence-electron chi connectivity index (χ4n) is 2.57. The average Bonchev–Trinajstić information content (AvgIpc) is 2.40. The molecule has 22 heavy (non-hydrogen) atoms. The van der Waals surface area contributed by atoms with Crippen LogP contribution in [0.1, 0.15) is 27.7 Å². The van der Waals surface area contributed by atoms with Crippen molar-refractivity contribution in [3.05, 3.63) is 18.2 Å². The molecule has 6 nitrogen and oxygen atoms in total. The van der Waals surface area contributed by atoms with E-state index in [9.17, 15) is 4.79 Å². The summed E-state index contributed by atoms with van der Waals surface area (Å²) in [6, 6.07) is 5.85. The van der Waals surface area contributed by atoms with Crippen molar-refractivity contribution in [3.63, 3.8) is 0 Å². The number of benzene rings is 1. The summed E-state index contributed by atoms with van der Waals surface area (Å²) in [6.07, 6.45) is -0.254. The van der Waals surface area contributed by atoms with E-state index in [0.29, 0.717) is 24.5 Å². The Hall–Kier alpha value is -2.11. The van der Waals surface area contributed by atoms with E-state index in [1.165, 1.54) is 0 Å². The quantitative estimate of drug-likeness (QED) is 0.778. The molecule has 1 aromatic rings. The maximum atomic E-state index is 12.1. The van der Waals surface area contributed by atoms with Gasteiger partial charge in [-0.1, -0.05) is 0 Å². The highest BCUT2D eigenvalue weighted by Gasteiger charge is 2.29. The normalized spacial score (nSPS) is 19.2. The minimum absolute atomic E-state index is 0.185. The van der Waals surface area contributed by atoms with Crippen LogP contribution in [0.2, 0.25) is 0 Å². The number of hydrogen-bond donors (Lipinski definition) is 2.